The zero-order valence-electron chi connectivity index (χ0n) is 5.99. The minimum absolute atomic E-state index is 0.0590. The first kappa shape index (κ1) is 11.3. The van der Waals surface area contributed by atoms with Gasteiger partial charge in [-0.2, -0.15) is 13.2 Å². The van der Waals surface area contributed by atoms with Gasteiger partial charge in [-0.25, -0.2) is 4.98 Å². The molecule has 1 aromatic heterocycles. The van der Waals surface area contributed by atoms with E-state index in [1.807, 2.05) is 22.6 Å². The van der Waals surface area contributed by atoms with Gasteiger partial charge in [0, 0.05) is 3.57 Å². The molecule has 0 spiro atoms. The molecule has 0 bridgehead atoms. The van der Waals surface area contributed by atoms with Crippen LogP contribution in [0.4, 0.5) is 19.0 Å². The van der Waals surface area contributed by atoms with Crippen molar-refractivity contribution in [2.24, 2.45) is 0 Å². The molecule has 0 aliphatic carbocycles. The van der Waals surface area contributed by atoms with E-state index in [0.29, 0.717) is 3.57 Å². The van der Waals surface area contributed by atoms with Gasteiger partial charge in [-0.3, -0.25) is 0 Å². The van der Waals surface area contributed by atoms with E-state index in [0.717, 1.165) is 0 Å². The highest BCUT2D eigenvalue weighted by molar-refractivity contribution is 14.1. The van der Waals surface area contributed by atoms with Crippen molar-refractivity contribution >= 4 is 51.0 Å². The molecule has 0 aliphatic rings. The van der Waals surface area contributed by atoms with Gasteiger partial charge in [0.2, 0.25) is 0 Å². The van der Waals surface area contributed by atoms with Crippen molar-refractivity contribution in [2.75, 3.05) is 5.73 Å². The third-order valence-electron chi connectivity index (χ3n) is 1.23. The molecule has 0 fully saturated rings. The van der Waals surface area contributed by atoms with Crippen LogP contribution in [0, 0.1) is 7.14 Å². The minimum atomic E-state index is -4.44. The average molecular weight is 414 g/mol. The number of nitrogens with zero attached hydrogens (tertiary/aromatic N) is 1. The fourth-order valence-corrected chi connectivity index (χ4v) is 2.45. The summed E-state index contributed by atoms with van der Waals surface area (Å²) >= 11 is 3.42. The van der Waals surface area contributed by atoms with Gasteiger partial charge in [0.25, 0.3) is 0 Å². The summed E-state index contributed by atoms with van der Waals surface area (Å²) in [6.45, 7) is 0. The first-order valence-electron chi connectivity index (χ1n) is 3.01. The molecule has 0 aromatic carbocycles. The van der Waals surface area contributed by atoms with Crippen molar-refractivity contribution in [1.29, 1.82) is 0 Å². The summed E-state index contributed by atoms with van der Waals surface area (Å²) in [5.74, 6) is -0.0895. The van der Waals surface area contributed by atoms with Gasteiger partial charge < -0.3 is 5.73 Å². The van der Waals surface area contributed by atoms with Crippen molar-refractivity contribution in [2.45, 2.75) is 6.18 Å². The molecular formula is C6H3F3I2N2. The lowest BCUT2D eigenvalue weighted by atomic mass is 10.3. The van der Waals surface area contributed by atoms with E-state index in [2.05, 4.69) is 4.98 Å². The van der Waals surface area contributed by atoms with Crippen LogP contribution in [0.15, 0.2) is 6.07 Å². The average Bonchev–Trinajstić information content (AvgIpc) is 1.94. The number of aromatic nitrogens is 1. The Labute approximate surface area is 99.4 Å². The van der Waals surface area contributed by atoms with Crippen LogP contribution in [0.1, 0.15) is 5.69 Å². The molecule has 2 N–H and O–H groups in total. The maximum Gasteiger partial charge on any atom is 0.434 e. The molecule has 1 rings (SSSR count). The molecule has 1 heterocycles. The van der Waals surface area contributed by atoms with Gasteiger partial charge >= 0.3 is 6.18 Å². The predicted octanol–water partition coefficient (Wildman–Crippen LogP) is 2.89. The third kappa shape index (κ3) is 2.58. The van der Waals surface area contributed by atoms with Crippen LogP contribution in [-0.4, -0.2) is 4.98 Å². The normalized spacial score (nSPS) is 11.8. The van der Waals surface area contributed by atoms with Crippen molar-refractivity contribution in [3.63, 3.8) is 0 Å². The number of nitrogens with two attached hydrogens (primary N) is 1. The zero-order valence-corrected chi connectivity index (χ0v) is 10.3. The number of hydrogen-bond donors (Lipinski definition) is 1. The molecule has 0 radical (unpaired) electrons. The quantitative estimate of drug-likeness (QED) is 0.664. The molecule has 7 heteroatoms. The summed E-state index contributed by atoms with van der Waals surface area (Å²) in [7, 11) is 0. The predicted molar refractivity (Wildman–Crippen MR) is 59.1 cm³/mol. The lowest BCUT2D eigenvalue weighted by Crippen LogP contribution is -2.12. The summed E-state index contributed by atoms with van der Waals surface area (Å²) in [6, 6.07) is 1.35. The van der Waals surface area contributed by atoms with Crippen LogP contribution in [0.5, 0.6) is 0 Å². The fourth-order valence-electron chi connectivity index (χ4n) is 0.680. The van der Waals surface area contributed by atoms with E-state index in [4.69, 9.17) is 5.73 Å². The van der Waals surface area contributed by atoms with E-state index < -0.39 is 11.9 Å². The summed E-state index contributed by atoms with van der Waals surface area (Å²) in [5.41, 5.74) is 4.34. The van der Waals surface area contributed by atoms with Gasteiger partial charge in [-0.05, 0) is 51.2 Å². The second-order valence-electron chi connectivity index (χ2n) is 2.18. The highest BCUT2D eigenvalue weighted by Crippen LogP contribution is 2.32. The first-order chi connectivity index (χ1) is 5.82. The fraction of sp³-hybridized carbons (Fsp3) is 0.167. The second kappa shape index (κ2) is 3.75. The largest absolute Gasteiger partial charge is 0.434 e. The molecule has 2 nitrogen and oxygen atoms in total. The number of nitrogen functional groups attached to an aromatic ring is 1. The van der Waals surface area contributed by atoms with E-state index in [9.17, 15) is 13.2 Å². The van der Waals surface area contributed by atoms with Crippen LogP contribution in [-0.2, 0) is 6.18 Å². The molecule has 0 aliphatic heterocycles. The summed E-state index contributed by atoms with van der Waals surface area (Å²) in [6.07, 6.45) is -4.44. The highest BCUT2D eigenvalue weighted by atomic mass is 127. The molecule has 13 heavy (non-hydrogen) atoms. The molecule has 0 saturated heterocycles. The summed E-state index contributed by atoms with van der Waals surface area (Å²) in [5, 5.41) is 0. The van der Waals surface area contributed by atoms with Gasteiger partial charge in [0.1, 0.15) is 5.82 Å². The number of halogens is 5. The zero-order chi connectivity index (χ0) is 10.2. The van der Waals surface area contributed by atoms with Gasteiger partial charge in [-0.1, -0.05) is 0 Å². The number of pyridine rings is 1. The van der Waals surface area contributed by atoms with E-state index in [1.54, 1.807) is 22.6 Å². The Hall–Kier alpha value is 0.200. The summed E-state index contributed by atoms with van der Waals surface area (Å²) in [4.78, 5) is 3.28. The minimum Gasteiger partial charge on any atom is -0.383 e. The molecule has 0 atom stereocenters. The Kier molecular flexibility index (Phi) is 3.25. The number of hydrogen-bond acceptors (Lipinski definition) is 2. The van der Waals surface area contributed by atoms with Crippen molar-refractivity contribution in [1.82, 2.24) is 4.98 Å². The second-order valence-corrected chi connectivity index (χ2v) is 4.51. The van der Waals surface area contributed by atoms with Gasteiger partial charge in [-0.15, -0.1) is 0 Å². The standard InChI is InChI=1S/C6H3F3I2N2/c7-6(8,9)4-2(10)1-3(11)5(12)13-4/h1H,(H2,12,13). The van der Waals surface area contributed by atoms with Crippen LogP contribution in [0.2, 0.25) is 0 Å². The maximum atomic E-state index is 12.2. The molecule has 0 amide bonds. The Bertz CT molecular complexity index is 337. The first-order valence-corrected chi connectivity index (χ1v) is 5.17. The molecule has 0 saturated carbocycles. The summed E-state index contributed by atoms with van der Waals surface area (Å²) < 4.78 is 37.3. The van der Waals surface area contributed by atoms with Crippen LogP contribution in [0.25, 0.3) is 0 Å². The smallest absolute Gasteiger partial charge is 0.383 e. The van der Waals surface area contributed by atoms with Crippen LogP contribution in [0.3, 0.4) is 0 Å². The van der Waals surface area contributed by atoms with Gasteiger partial charge in [0.05, 0.1) is 3.57 Å². The molecule has 1 aromatic rings. The Balaban J connectivity index is 3.32. The Morgan fingerprint density at radius 2 is 1.77 bits per heavy atom. The molecule has 72 valence electrons. The molecular weight excluding hydrogens is 411 g/mol. The lowest BCUT2D eigenvalue weighted by molar-refractivity contribution is -0.141. The van der Waals surface area contributed by atoms with E-state index >= 15 is 0 Å². The van der Waals surface area contributed by atoms with Gasteiger partial charge in [0.15, 0.2) is 5.69 Å². The third-order valence-corrected chi connectivity index (χ3v) is 2.91. The topological polar surface area (TPSA) is 38.9 Å². The van der Waals surface area contributed by atoms with Crippen molar-refractivity contribution in [3.05, 3.63) is 18.9 Å². The maximum absolute atomic E-state index is 12.2. The number of rotatable bonds is 0. The Morgan fingerprint density at radius 1 is 1.23 bits per heavy atom. The number of alkyl halides is 3. The van der Waals surface area contributed by atoms with Crippen LogP contribution < -0.4 is 5.73 Å². The van der Waals surface area contributed by atoms with Crippen molar-refractivity contribution in [3.8, 4) is 0 Å². The van der Waals surface area contributed by atoms with Crippen molar-refractivity contribution < 1.29 is 13.2 Å². The number of anilines is 1. The SMILES string of the molecule is Nc1nc(C(F)(F)F)c(I)cc1I. The van der Waals surface area contributed by atoms with E-state index in [-0.39, 0.29) is 9.39 Å². The molecule has 0 unspecified atom stereocenters. The highest BCUT2D eigenvalue weighted by Gasteiger charge is 2.35. The Morgan fingerprint density at radius 3 is 2.23 bits per heavy atom. The monoisotopic (exact) mass is 414 g/mol. The van der Waals surface area contributed by atoms with E-state index in [1.165, 1.54) is 6.07 Å². The van der Waals surface area contributed by atoms with Crippen LogP contribution >= 0.6 is 45.2 Å². The lowest BCUT2D eigenvalue weighted by Gasteiger charge is -2.09.